The number of rotatable bonds is 5. The third-order valence-corrected chi connectivity index (χ3v) is 5.08. The molecule has 2 aromatic carbocycles. The fraction of sp³-hybridized carbons (Fsp3) is 0.261. The number of hydrogen-bond donors (Lipinski definition) is 1. The molecular formula is C23H22N2O3. The number of pyridine rings is 1. The van der Waals surface area contributed by atoms with Crippen LogP contribution in [-0.4, -0.2) is 23.5 Å². The Labute approximate surface area is 163 Å². The quantitative estimate of drug-likeness (QED) is 0.683. The minimum Gasteiger partial charge on any atom is -0.452 e. The number of anilines is 1. The number of aromatic nitrogens is 1. The Hall–Kier alpha value is -3.21. The van der Waals surface area contributed by atoms with Crippen LogP contribution in [0.4, 0.5) is 5.69 Å². The Morgan fingerprint density at radius 3 is 2.82 bits per heavy atom. The molecule has 5 heteroatoms. The molecule has 1 amide bonds. The molecule has 1 N–H and O–H groups in total. The second-order valence-electron chi connectivity index (χ2n) is 6.96. The zero-order valence-corrected chi connectivity index (χ0v) is 15.8. The molecule has 0 bridgehead atoms. The van der Waals surface area contributed by atoms with Gasteiger partial charge in [0.1, 0.15) is 0 Å². The van der Waals surface area contributed by atoms with Gasteiger partial charge in [-0.05, 0) is 55.0 Å². The van der Waals surface area contributed by atoms with Gasteiger partial charge in [-0.25, -0.2) is 4.79 Å². The summed E-state index contributed by atoms with van der Waals surface area (Å²) in [6, 6.07) is 15.2. The zero-order valence-electron chi connectivity index (χ0n) is 15.8. The van der Waals surface area contributed by atoms with Gasteiger partial charge >= 0.3 is 5.97 Å². The first kappa shape index (κ1) is 18.2. The molecule has 0 atom stereocenters. The Morgan fingerprint density at radius 1 is 1.11 bits per heavy atom. The number of ether oxygens (including phenoxy) is 1. The van der Waals surface area contributed by atoms with E-state index in [2.05, 4.69) is 17.2 Å². The molecule has 0 unspecified atom stereocenters. The number of amides is 1. The number of fused-ring (bicyclic) bond motifs is 2. The Kier molecular flexibility index (Phi) is 5.06. The highest BCUT2D eigenvalue weighted by Gasteiger charge is 2.25. The average Bonchev–Trinajstić information content (AvgIpc) is 3.18. The van der Waals surface area contributed by atoms with E-state index in [1.54, 1.807) is 0 Å². The Bertz CT molecular complexity index is 1060. The second kappa shape index (κ2) is 7.80. The maximum Gasteiger partial charge on any atom is 0.339 e. The number of nitrogens with one attached hydrogen (secondary N) is 1. The molecule has 0 radical (unpaired) electrons. The molecule has 0 saturated carbocycles. The highest BCUT2D eigenvalue weighted by atomic mass is 16.5. The van der Waals surface area contributed by atoms with Crippen molar-refractivity contribution in [2.75, 3.05) is 11.9 Å². The summed E-state index contributed by atoms with van der Waals surface area (Å²) in [5.41, 5.74) is 5.10. The molecule has 3 aromatic rings. The van der Waals surface area contributed by atoms with Crippen LogP contribution in [0.25, 0.3) is 10.9 Å². The monoisotopic (exact) mass is 374 g/mol. The largest absolute Gasteiger partial charge is 0.452 e. The first-order chi connectivity index (χ1) is 13.7. The molecule has 0 saturated heterocycles. The lowest BCUT2D eigenvalue weighted by atomic mass is 10.0. The molecule has 142 valence electrons. The molecular weight excluding hydrogens is 352 g/mol. The van der Waals surface area contributed by atoms with Gasteiger partial charge in [-0.3, -0.25) is 9.78 Å². The van der Waals surface area contributed by atoms with E-state index in [9.17, 15) is 9.59 Å². The molecule has 28 heavy (non-hydrogen) atoms. The minimum absolute atomic E-state index is 0.319. The van der Waals surface area contributed by atoms with Crippen molar-refractivity contribution in [3.05, 3.63) is 70.9 Å². The van der Waals surface area contributed by atoms with Gasteiger partial charge in [0.2, 0.25) is 0 Å². The van der Waals surface area contributed by atoms with Crippen molar-refractivity contribution in [3.63, 3.8) is 0 Å². The minimum atomic E-state index is -0.464. The molecule has 4 rings (SSSR count). The lowest BCUT2D eigenvalue weighted by Gasteiger charge is -2.12. The lowest BCUT2D eigenvalue weighted by molar-refractivity contribution is -0.119. The van der Waals surface area contributed by atoms with Gasteiger partial charge in [0, 0.05) is 16.8 Å². The third kappa shape index (κ3) is 3.60. The number of carbonyl (C=O) groups excluding carboxylic acids is 2. The first-order valence-electron chi connectivity index (χ1n) is 9.62. The summed E-state index contributed by atoms with van der Waals surface area (Å²) >= 11 is 0. The van der Waals surface area contributed by atoms with Gasteiger partial charge in [-0.2, -0.15) is 0 Å². The van der Waals surface area contributed by atoms with Gasteiger partial charge in [0.15, 0.2) is 6.61 Å². The fourth-order valence-electron chi connectivity index (χ4n) is 3.71. The fourth-order valence-corrected chi connectivity index (χ4v) is 3.71. The number of nitrogens with zero attached hydrogens (tertiary/aromatic N) is 1. The van der Waals surface area contributed by atoms with E-state index < -0.39 is 5.97 Å². The second-order valence-corrected chi connectivity index (χ2v) is 6.96. The number of hydrogen-bond acceptors (Lipinski definition) is 4. The summed E-state index contributed by atoms with van der Waals surface area (Å²) in [5, 5.41) is 3.57. The van der Waals surface area contributed by atoms with Crippen LogP contribution in [0, 0.1) is 0 Å². The van der Waals surface area contributed by atoms with Gasteiger partial charge in [0.05, 0.1) is 11.1 Å². The average molecular weight is 374 g/mol. The maximum absolute atomic E-state index is 12.8. The maximum atomic E-state index is 12.8. The summed E-state index contributed by atoms with van der Waals surface area (Å²) in [4.78, 5) is 29.8. The Balaban J connectivity index is 1.50. The van der Waals surface area contributed by atoms with Crippen molar-refractivity contribution in [1.82, 2.24) is 4.98 Å². The first-order valence-corrected chi connectivity index (χ1v) is 9.62. The highest BCUT2D eigenvalue weighted by molar-refractivity contribution is 6.06. The van der Waals surface area contributed by atoms with Gasteiger partial charge in [-0.1, -0.05) is 37.3 Å². The van der Waals surface area contributed by atoms with Crippen LogP contribution in [0.3, 0.4) is 0 Å². The van der Waals surface area contributed by atoms with Gasteiger partial charge < -0.3 is 10.1 Å². The Morgan fingerprint density at radius 2 is 1.96 bits per heavy atom. The standard InChI is InChI=1S/C23H22N2O3/c1-2-15-7-5-8-16(13-15)24-21(26)14-28-23(27)22-17-9-3-4-11-19(17)25-20-12-6-10-18(20)22/h3-5,7-9,11,13H,2,6,10,12,14H2,1H3,(H,24,26). The van der Waals surface area contributed by atoms with E-state index in [1.165, 1.54) is 0 Å². The lowest BCUT2D eigenvalue weighted by Crippen LogP contribution is -2.21. The number of carbonyl (C=O) groups is 2. The van der Waals surface area contributed by atoms with Crippen molar-refractivity contribution in [1.29, 1.82) is 0 Å². The summed E-state index contributed by atoms with van der Waals surface area (Å²) < 4.78 is 5.37. The molecule has 1 aliphatic rings. The van der Waals surface area contributed by atoms with Crippen LogP contribution in [-0.2, 0) is 28.8 Å². The topological polar surface area (TPSA) is 68.3 Å². The normalized spacial score (nSPS) is 12.6. The number of esters is 1. The summed E-state index contributed by atoms with van der Waals surface area (Å²) in [5.74, 6) is -0.814. The zero-order chi connectivity index (χ0) is 19.5. The van der Waals surface area contributed by atoms with Crippen LogP contribution < -0.4 is 5.32 Å². The van der Waals surface area contributed by atoms with E-state index >= 15 is 0 Å². The van der Waals surface area contributed by atoms with E-state index in [4.69, 9.17) is 4.74 Å². The van der Waals surface area contributed by atoms with Crippen molar-refractivity contribution < 1.29 is 14.3 Å². The van der Waals surface area contributed by atoms with E-state index in [0.717, 1.165) is 53.4 Å². The highest BCUT2D eigenvalue weighted by Crippen LogP contribution is 2.30. The number of benzene rings is 2. The molecule has 1 heterocycles. The van der Waals surface area contributed by atoms with Crippen LogP contribution in [0.15, 0.2) is 48.5 Å². The van der Waals surface area contributed by atoms with Gasteiger partial charge in [0.25, 0.3) is 5.91 Å². The summed E-state index contributed by atoms with van der Waals surface area (Å²) in [6.07, 6.45) is 3.55. The van der Waals surface area contributed by atoms with Crippen LogP contribution in [0.1, 0.15) is 40.5 Å². The molecule has 5 nitrogen and oxygen atoms in total. The number of para-hydroxylation sites is 1. The molecule has 0 fully saturated rings. The summed E-state index contributed by atoms with van der Waals surface area (Å²) in [7, 11) is 0. The van der Waals surface area contributed by atoms with Crippen LogP contribution >= 0.6 is 0 Å². The van der Waals surface area contributed by atoms with E-state index in [0.29, 0.717) is 11.3 Å². The molecule has 0 aliphatic heterocycles. The van der Waals surface area contributed by atoms with E-state index in [1.807, 2.05) is 48.5 Å². The summed E-state index contributed by atoms with van der Waals surface area (Å²) in [6.45, 7) is 1.74. The predicted molar refractivity (Wildman–Crippen MR) is 109 cm³/mol. The number of aryl methyl sites for hydroxylation is 2. The molecule has 1 aromatic heterocycles. The van der Waals surface area contributed by atoms with Gasteiger partial charge in [-0.15, -0.1) is 0 Å². The van der Waals surface area contributed by atoms with E-state index in [-0.39, 0.29) is 12.5 Å². The van der Waals surface area contributed by atoms with Crippen LogP contribution in [0.2, 0.25) is 0 Å². The molecule has 1 aliphatic carbocycles. The third-order valence-electron chi connectivity index (χ3n) is 5.08. The van der Waals surface area contributed by atoms with Crippen LogP contribution in [0.5, 0.6) is 0 Å². The SMILES string of the molecule is CCc1cccc(NC(=O)COC(=O)c2c3c(nc4ccccc24)CCC3)c1. The smallest absolute Gasteiger partial charge is 0.339 e. The molecule has 0 spiro atoms. The van der Waals surface area contributed by atoms with Crippen molar-refractivity contribution in [3.8, 4) is 0 Å². The predicted octanol–water partition coefficient (Wildman–Crippen LogP) is 4.08. The van der Waals surface area contributed by atoms with Crippen molar-refractivity contribution in [2.24, 2.45) is 0 Å². The van der Waals surface area contributed by atoms with Crippen molar-refractivity contribution >= 4 is 28.5 Å². The van der Waals surface area contributed by atoms with Crippen molar-refractivity contribution in [2.45, 2.75) is 32.6 Å².